The van der Waals surface area contributed by atoms with E-state index in [1.807, 2.05) is 6.07 Å². The second-order valence-corrected chi connectivity index (χ2v) is 3.22. The number of phenols is 2. The van der Waals surface area contributed by atoms with Gasteiger partial charge in [0.05, 0.1) is 11.9 Å². The summed E-state index contributed by atoms with van der Waals surface area (Å²) >= 11 is 0. The van der Waals surface area contributed by atoms with E-state index in [-0.39, 0.29) is 11.5 Å². The first-order chi connectivity index (χ1) is 8.25. The van der Waals surface area contributed by atoms with E-state index < -0.39 is 0 Å². The molecule has 0 unspecified atom stereocenters. The number of nitrogens with zero attached hydrogens (tertiary/aromatic N) is 3. The molecule has 0 amide bonds. The lowest BCUT2D eigenvalue weighted by atomic mass is 10.3. The Kier molecular flexibility index (Phi) is 3.15. The van der Waals surface area contributed by atoms with Gasteiger partial charge in [-0.05, 0) is 18.2 Å². The highest BCUT2D eigenvalue weighted by molar-refractivity contribution is 5.52. The van der Waals surface area contributed by atoms with Crippen LogP contribution in [0.25, 0.3) is 11.4 Å². The van der Waals surface area contributed by atoms with Crippen molar-refractivity contribution < 1.29 is 10.2 Å². The van der Waals surface area contributed by atoms with Crippen molar-refractivity contribution in [3.05, 3.63) is 42.7 Å². The summed E-state index contributed by atoms with van der Waals surface area (Å²) in [5.41, 5.74) is 1.77. The fraction of sp³-hybridized carbons (Fsp3) is 0. The lowest BCUT2D eigenvalue weighted by Crippen LogP contribution is -1.88. The molecule has 0 saturated carbocycles. The lowest BCUT2D eigenvalue weighted by Gasteiger charge is -1.89. The molecule has 0 aliphatic carbocycles. The summed E-state index contributed by atoms with van der Waals surface area (Å²) < 4.78 is 0. The first-order valence-electron chi connectivity index (χ1n) is 4.84. The summed E-state index contributed by atoms with van der Waals surface area (Å²) in [6.45, 7) is 0. The standard InChI is InChI=1S/C6H6O2.C5H4N4/c7-5-2-1-3-6(8)4-5;1-2-6-5-3-7-9-8-4(1)5/h1-4,7-8H;1-3H,(H,7,8). The Bertz CT molecular complexity index is 523. The highest BCUT2D eigenvalue weighted by Crippen LogP contribution is 2.14. The summed E-state index contributed by atoms with van der Waals surface area (Å²) in [5, 5.41) is 27.2. The summed E-state index contributed by atoms with van der Waals surface area (Å²) in [4.78, 5) is 3.98. The molecule has 17 heavy (non-hydrogen) atoms. The molecule has 0 bridgehead atoms. The maximum absolute atomic E-state index is 8.65. The summed E-state index contributed by atoms with van der Waals surface area (Å²) in [6, 6.07) is 7.70. The summed E-state index contributed by atoms with van der Waals surface area (Å²) in [5.74, 6) is 0.176. The Hall–Kier alpha value is -2.63. The fourth-order valence-electron chi connectivity index (χ4n) is 1.20. The van der Waals surface area contributed by atoms with Gasteiger partial charge in [-0.1, -0.05) is 11.3 Å². The molecule has 0 radical (unpaired) electrons. The summed E-state index contributed by atoms with van der Waals surface area (Å²) in [6.07, 6.45) is 3.33. The van der Waals surface area contributed by atoms with Gasteiger partial charge in [-0.25, -0.2) is 0 Å². The Balaban J connectivity index is 0.000000128. The van der Waals surface area contributed by atoms with Crippen molar-refractivity contribution in [2.75, 3.05) is 0 Å². The molecule has 0 aromatic heterocycles. The van der Waals surface area contributed by atoms with Crippen LogP contribution < -0.4 is 0 Å². The van der Waals surface area contributed by atoms with Gasteiger partial charge in [-0.2, -0.15) is 0 Å². The van der Waals surface area contributed by atoms with Crippen LogP contribution in [-0.2, 0) is 0 Å². The molecule has 86 valence electrons. The van der Waals surface area contributed by atoms with Crippen LogP contribution in [-0.4, -0.2) is 30.6 Å². The molecule has 0 atom stereocenters. The van der Waals surface area contributed by atoms with Gasteiger partial charge in [0.2, 0.25) is 0 Å². The quantitative estimate of drug-likeness (QED) is 0.542. The minimum Gasteiger partial charge on any atom is -0.508 e. The predicted molar refractivity (Wildman–Crippen MR) is 60.6 cm³/mol. The molecule has 0 saturated heterocycles. The van der Waals surface area contributed by atoms with Gasteiger partial charge in [-0.3, -0.25) is 10.1 Å². The van der Waals surface area contributed by atoms with Gasteiger partial charge in [0.1, 0.15) is 17.2 Å². The number of fused-ring (bicyclic) bond motifs is 1. The molecule has 2 aliphatic heterocycles. The normalized spacial score (nSPS) is 9.65. The zero-order chi connectivity index (χ0) is 12.1. The topological polar surface area (TPSA) is 94.9 Å². The van der Waals surface area contributed by atoms with Gasteiger partial charge < -0.3 is 10.2 Å². The van der Waals surface area contributed by atoms with E-state index in [1.54, 1.807) is 18.5 Å². The van der Waals surface area contributed by atoms with Crippen LogP contribution in [0.4, 0.5) is 0 Å². The van der Waals surface area contributed by atoms with E-state index >= 15 is 0 Å². The molecule has 6 nitrogen and oxygen atoms in total. The van der Waals surface area contributed by atoms with Crippen molar-refractivity contribution in [2.45, 2.75) is 0 Å². The number of phenolic OH excluding ortho intramolecular Hbond substituents is 2. The molecular weight excluding hydrogens is 220 g/mol. The average molecular weight is 230 g/mol. The minimum absolute atomic E-state index is 0.0880. The van der Waals surface area contributed by atoms with Crippen molar-refractivity contribution in [1.82, 2.24) is 20.4 Å². The predicted octanol–water partition coefficient (Wildman–Crippen LogP) is 1.40. The molecule has 0 fully saturated rings. The van der Waals surface area contributed by atoms with Crippen molar-refractivity contribution in [1.29, 1.82) is 0 Å². The van der Waals surface area contributed by atoms with Crippen molar-refractivity contribution >= 4 is 0 Å². The van der Waals surface area contributed by atoms with Crippen LogP contribution in [0.1, 0.15) is 0 Å². The molecule has 3 rings (SSSR count). The number of H-pyrrole nitrogens is 1. The highest BCUT2D eigenvalue weighted by Gasteiger charge is 2.00. The Morgan fingerprint density at radius 1 is 1.06 bits per heavy atom. The average Bonchev–Trinajstić information content (AvgIpc) is 2.77. The van der Waals surface area contributed by atoms with Crippen LogP contribution in [0.15, 0.2) is 42.7 Å². The number of hydrogen-bond acceptors (Lipinski definition) is 5. The number of aromatic amines is 1. The van der Waals surface area contributed by atoms with E-state index in [1.165, 1.54) is 18.2 Å². The lowest BCUT2D eigenvalue weighted by molar-refractivity contribution is 0.450. The van der Waals surface area contributed by atoms with Crippen LogP contribution in [0.3, 0.4) is 0 Å². The fourth-order valence-corrected chi connectivity index (χ4v) is 1.20. The zero-order valence-corrected chi connectivity index (χ0v) is 8.78. The largest absolute Gasteiger partial charge is 0.508 e. The molecule has 6 heteroatoms. The third-order valence-corrected chi connectivity index (χ3v) is 1.97. The van der Waals surface area contributed by atoms with Gasteiger partial charge in [0.25, 0.3) is 0 Å². The molecule has 0 spiro atoms. The Morgan fingerprint density at radius 3 is 2.41 bits per heavy atom. The van der Waals surface area contributed by atoms with Crippen LogP contribution in [0, 0.1) is 0 Å². The van der Waals surface area contributed by atoms with E-state index in [0.29, 0.717) is 0 Å². The first kappa shape index (κ1) is 10.9. The van der Waals surface area contributed by atoms with Gasteiger partial charge >= 0.3 is 0 Å². The second-order valence-electron chi connectivity index (χ2n) is 3.22. The number of benzene rings is 1. The minimum atomic E-state index is 0.0880. The molecule has 3 N–H and O–H groups in total. The smallest absolute Gasteiger partial charge is 0.119 e. The number of aromatic nitrogens is 4. The third-order valence-electron chi connectivity index (χ3n) is 1.97. The van der Waals surface area contributed by atoms with Gasteiger partial charge in [-0.15, -0.1) is 5.10 Å². The van der Waals surface area contributed by atoms with Crippen molar-refractivity contribution in [3.63, 3.8) is 0 Å². The highest BCUT2D eigenvalue weighted by atomic mass is 16.3. The maximum atomic E-state index is 8.65. The molecular formula is C11H10N4O2. The van der Waals surface area contributed by atoms with Gasteiger partial charge in [0, 0.05) is 12.3 Å². The van der Waals surface area contributed by atoms with Crippen molar-refractivity contribution in [2.24, 2.45) is 0 Å². The molecule has 2 heterocycles. The van der Waals surface area contributed by atoms with Crippen LogP contribution in [0.5, 0.6) is 11.5 Å². The van der Waals surface area contributed by atoms with Gasteiger partial charge in [0.15, 0.2) is 0 Å². The van der Waals surface area contributed by atoms with E-state index in [4.69, 9.17) is 10.2 Å². The second kappa shape index (κ2) is 4.93. The summed E-state index contributed by atoms with van der Waals surface area (Å²) in [7, 11) is 0. The van der Waals surface area contributed by atoms with Crippen molar-refractivity contribution in [3.8, 4) is 22.9 Å². The first-order valence-corrected chi connectivity index (χ1v) is 4.84. The number of nitrogens with one attached hydrogen (secondary N) is 1. The zero-order valence-electron chi connectivity index (χ0n) is 8.78. The van der Waals surface area contributed by atoms with Crippen LogP contribution in [0.2, 0.25) is 0 Å². The maximum Gasteiger partial charge on any atom is 0.119 e. The van der Waals surface area contributed by atoms with Crippen LogP contribution >= 0.6 is 0 Å². The van der Waals surface area contributed by atoms with E-state index in [9.17, 15) is 0 Å². The number of hydrogen-bond donors (Lipinski definition) is 3. The Morgan fingerprint density at radius 2 is 1.82 bits per heavy atom. The molecule has 1 aromatic carbocycles. The monoisotopic (exact) mass is 230 g/mol. The molecule has 1 aromatic rings. The molecule has 2 aliphatic rings. The Labute approximate surface area is 96.9 Å². The van der Waals surface area contributed by atoms with E-state index in [0.717, 1.165) is 11.4 Å². The number of rotatable bonds is 0. The third kappa shape index (κ3) is 2.91. The van der Waals surface area contributed by atoms with E-state index in [2.05, 4.69) is 20.4 Å². The SMILES string of the molecule is Oc1cccc(O)c1.c1cc2[nH]nncc-2n1. The number of aromatic hydroxyl groups is 2.